The first-order valence-corrected chi connectivity index (χ1v) is 9.47. The summed E-state index contributed by atoms with van der Waals surface area (Å²) in [5.74, 6) is -0.262. The number of pyridine rings is 1. The van der Waals surface area contributed by atoms with Gasteiger partial charge < -0.3 is 15.1 Å². The molecule has 1 fully saturated rings. The number of hydrogen-bond donors (Lipinski definition) is 1. The van der Waals surface area contributed by atoms with Crippen LogP contribution in [0.1, 0.15) is 24.0 Å². The highest BCUT2D eigenvalue weighted by atomic mass is 19.1. The highest BCUT2D eigenvalue weighted by molar-refractivity contribution is 5.74. The quantitative estimate of drug-likeness (QED) is 0.850. The van der Waals surface area contributed by atoms with Gasteiger partial charge in [-0.1, -0.05) is 12.1 Å². The molecule has 1 aliphatic rings. The van der Waals surface area contributed by atoms with Crippen LogP contribution in [0.4, 0.5) is 9.18 Å². The number of hydrogen-bond acceptors (Lipinski definition) is 3. The maximum Gasteiger partial charge on any atom is 0.317 e. The lowest BCUT2D eigenvalue weighted by Gasteiger charge is -2.33. The summed E-state index contributed by atoms with van der Waals surface area (Å²) in [6, 6.07) is 10.5. The van der Waals surface area contributed by atoms with Gasteiger partial charge in [0.05, 0.1) is 0 Å². The minimum atomic E-state index is -0.262. The van der Waals surface area contributed by atoms with Gasteiger partial charge in [-0.25, -0.2) is 9.18 Å². The molecule has 0 radical (unpaired) electrons. The van der Waals surface area contributed by atoms with Gasteiger partial charge in [-0.05, 0) is 54.7 Å². The molecule has 0 atom stereocenters. The first-order chi connectivity index (χ1) is 13.1. The zero-order chi connectivity index (χ0) is 19.1. The summed E-state index contributed by atoms with van der Waals surface area (Å²) in [6.07, 6.45) is 6.62. The molecule has 0 saturated carbocycles. The molecule has 1 aromatic heterocycles. The largest absolute Gasteiger partial charge is 0.335 e. The summed E-state index contributed by atoms with van der Waals surface area (Å²) < 4.78 is 13.0. The predicted octanol–water partition coefficient (Wildman–Crippen LogP) is 3.07. The summed E-state index contributed by atoms with van der Waals surface area (Å²) in [4.78, 5) is 20.5. The number of aromatic nitrogens is 1. The van der Waals surface area contributed by atoms with E-state index < -0.39 is 0 Å². The van der Waals surface area contributed by atoms with Crippen LogP contribution in [-0.4, -0.2) is 53.5 Å². The minimum Gasteiger partial charge on any atom is -0.335 e. The number of likely N-dealkylation sites (tertiary alicyclic amines) is 1. The topological polar surface area (TPSA) is 48.5 Å². The van der Waals surface area contributed by atoms with E-state index in [1.807, 2.05) is 12.4 Å². The summed E-state index contributed by atoms with van der Waals surface area (Å²) >= 11 is 0. The van der Waals surface area contributed by atoms with Gasteiger partial charge in [0, 0.05) is 51.7 Å². The molecule has 3 rings (SSSR count). The molecule has 6 heteroatoms. The van der Waals surface area contributed by atoms with Crippen LogP contribution in [0.3, 0.4) is 0 Å². The van der Waals surface area contributed by atoms with Crippen LogP contribution in [0.15, 0.2) is 48.8 Å². The van der Waals surface area contributed by atoms with E-state index >= 15 is 0 Å². The number of amides is 2. The number of carbonyl (C=O) groups excluding carboxylic acids is 1. The number of nitrogens with zero attached hydrogens (tertiary/aromatic N) is 3. The standard InChI is InChI=1S/C21H27FN4O/c1-25(16-18-2-4-19(22)5-3-18)21(27)24-20-9-14-26(15-10-20)13-8-17-6-11-23-12-7-17/h2-7,11-12,20H,8-10,13-16H2,1H3,(H,24,27). The monoisotopic (exact) mass is 370 g/mol. The van der Waals surface area contributed by atoms with E-state index in [2.05, 4.69) is 27.3 Å². The minimum absolute atomic E-state index is 0.0745. The number of benzene rings is 1. The second-order valence-corrected chi connectivity index (χ2v) is 7.15. The van der Waals surface area contributed by atoms with E-state index in [1.165, 1.54) is 17.7 Å². The average molecular weight is 370 g/mol. The van der Waals surface area contributed by atoms with Gasteiger partial charge in [-0.3, -0.25) is 4.98 Å². The number of urea groups is 1. The second kappa shape index (κ2) is 9.46. The van der Waals surface area contributed by atoms with Crippen molar-refractivity contribution in [2.45, 2.75) is 31.8 Å². The van der Waals surface area contributed by atoms with Crippen molar-refractivity contribution in [2.24, 2.45) is 0 Å². The molecule has 0 spiro atoms. The zero-order valence-corrected chi connectivity index (χ0v) is 15.8. The van der Waals surface area contributed by atoms with Crippen molar-refractivity contribution in [1.29, 1.82) is 0 Å². The third-order valence-electron chi connectivity index (χ3n) is 5.06. The number of carbonyl (C=O) groups is 1. The van der Waals surface area contributed by atoms with Crippen LogP contribution < -0.4 is 5.32 Å². The summed E-state index contributed by atoms with van der Waals surface area (Å²) in [7, 11) is 1.77. The highest BCUT2D eigenvalue weighted by Gasteiger charge is 2.21. The Morgan fingerprint density at radius 1 is 1.15 bits per heavy atom. The Hall–Kier alpha value is -2.47. The number of piperidine rings is 1. The van der Waals surface area contributed by atoms with Crippen molar-refractivity contribution >= 4 is 6.03 Å². The molecule has 5 nitrogen and oxygen atoms in total. The van der Waals surface area contributed by atoms with E-state index in [-0.39, 0.29) is 17.9 Å². The van der Waals surface area contributed by atoms with E-state index in [9.17, 15) is 9.18 Å². The van der Waals surface area contributed by atoms with Crippen LogP contribution in [0.25, 0.3) is 0 Å². The predicted molar refractivity (Wildman–Crippen MR) is 104 cm³/mol. The fraction of sp³-hybridized carbons (Fsp3) is 0.429. The third kappa shape index (κ3) is 6.03. The molecule has 2 heterocycles. The first-order valence-electron chi connectivity index (χ1n) is 9.47. The lowest BCUT2D eigenvalue weighted by atomic mass is 10.0. The molecule has 0 unspecified atom stereocenters. The van der Waals surface area contributed by atoms with Gasteiger partial charge >= 0.3 is 6.03 Å². The number of rotatable bonds is 6. The molecule has 1 aliphatic heterocycles. The Morgan fingerprint density at radius 3 is 2.48 bits per heavy atom. The van der Waals surface area contributed by atoms with Crippen LogP contribution in [-0.2, 0) is 13.0 Å². The summed E-state index contributed by atoms with van der Waals surface area (Å²) in [5, 5.41) is 3.12. The molecule has 2 aromatic rings. The molecular formula is C21H27FN4O. The molecule has 2 amide bonds. The van der Waals surface area contributed by atoms with E-state index in [1.54, 1.807) is 24.1 Å². The van der Waals surface area contributed by atoms with Crippen molar-refractivity contribution in [3.05, 3.63) is 65.7 Å². The summed E-state index contributed by atoms with van der Waals surface area (Å²) in [5.41, 5.74) is 2.22. The van der Waals surface area contributed by atoms with E-state index in [0.717, 1.165) is 44.5 Å². The Labute approximate surface area is 160 Å². The Morgan fingerprint density at radius 2 is 1.81 bits per heavy atom. The van der Waals surface area contributed by atoms with Crippen molar-refractivity contribution in [3.8, 4) is 0 Å². The highest BCUT2D eigenvalue weighted by Crippen LogP contribution is 2.12. The smallest absolute Gasteiger partial charge is 0.317 e. The van der Waals surface area contributed by atoms with Crippen molar-refractivity contribution < 1.29 is 9.18 Å². The van der Waals surface area contributed by atoms with Gasteiger partial charge in [0.25, 0.3) is 0 Å². The normalized spacial score (nSPS) is 15.5. The van der Waals surface area contributed by atoms with Crippen LogP contribution in [0.2, 0.25) is 0 Å². The van der Waals surface area contributed by atoms with Crippen molar-refractivity contribution in [1.82, 2.24) is 20.1 Å². The molecule has 144 valence electrons. The van der Waals surface area contributed by atoms with Crippen LogP contribution >= 0.6 is 0 Å². The molecular weight excluding hydrogens is 343 g/mol. The Kier molecular flexibility index (Phi) is 6.76. The maximum absolute atomic E-state index is 13.0. The Balaban J connectivity index is 1.37. The van der Waals surface area contributed by atoms with E-state index in [0.29, 0.717) is 6.54 Å². The zero-order valence-electron chi connectivity index (χ0n) is 15.8. The van der Waals surface area contributed by atoms with E-state index in [4.69, 9.17) is 0 Å². The fourth-order valence-electron chi connectivity index (χ4n) is 3.36. The lowest BCUT2D eigenvalue weighted by Crippen LogP contribution is -2.48. The van der Waals surface area contributed by atoms with Crippen LogP contribution in [0, 0.1) is 5.82 Å². The van der Waals surface area contributed by atoms with Crippen molar-refractivity contribution in [2.75, 3.05) is 26.7 Å². The Bertz CT molecular complexity index is 715. The SMILES string of the molecule is CN(Cc1ccc(F)cc1)C(=O)NC1CCN(CCc2ccncc2)CC1. The second-order valence-electron chi connectivity index (χ2n) is 7.15. The molecule has 0 bridgehead atoms. The molecule has 1 saturated heterocycles. The number of nitrogens with one attached hydrogen (secondary N) is 1. The van der Waals surface area contributed by atoms with Gasteiger partial charge in [0.1, 0.15) is 5.82 Å². The van der Waals surface area contributed by atoms with Gasteiger partial charge in [0.15, 0.2) is 0 Å². The fourth-order valence-corrected chi connectivity index (χ4v) is 3.36. The molecule has 1 aromatic carbocycles. The maximum atomic E-state index is 13.0. The molecule has 0 aliphatic carbocycles. The van der Waals surface area contributed by atoms with Crippen molar-refractivity contribution in [3.63, 3.8) is 0 Å². The summed E-state index contributed by atoms with van der Waals surface area (Å²) in [6.45, 7) is 3.50. The average Bonchev–Trinajstić information content (AvgIpc) is 2.70. The van der Waals surface area contributed by atoms with Gasteiger partial charge in [-0.2, -0.15) is 0 Å². The first kappa shape index (κ1) is 19.3. The molecule has 27 heavy (non-hydrogen) atoms. The van der Waals surface area contributed by atoms with Gasteiger partial charge in [0.2, 0.25) is 0 Å². The molecule has 1 N–H and O–H groups in total. The lowest BCUT2D eigenvalue weighted by molar-refractivity contribution is 0.177. The number of halogens is 1. The van der Waals surface area contributed by atoms with Crippen LogP contribution in [0.5, 0.6) is 0 Å². The third-order valence-corrected chi connectivity index (χ3v) is 5.06. The van der Waals surface area contributed by atoms with Gasteiger partial charge in [-0.15, -0.1) is 0 Å².